The molecule has 10 heteroatoms. The summed E-state index contributed by atoms with van der Waals surface area (Å²) in [6.07, 6.45) is -4.41. The molecule has 224 valence electrons. The number of thioether (sulfide) groups is 1. The standard InChI is InChI=1S/C34H29NO8S/c36-20-27-28(42-31(37)23-14-6-2-7-15-23)29(43-32(38)24-16-8-3-9-17-24)30(39-21-22-12-4-1-5-13-22)33(40-27)44-34-35-25-18-10-11-19-26(25)41-34/h1-19,27-30,33,36H,20-21H2/t27-,28-,29+,30-,33+/m1/s1. The molecule has 4 aromatic carbocycles. The Morgan fingerprint density at radius 2 is 1.30 bits per heavy atom. The number of benzene rings is 4. The summed E-state index contributed by atoms with van der Waals surface area (Å²) < 4.78 is 30.7. The summed E-state index contributed by atoms with van der Waals surface area (Å²) in [5.74, 6) is -1.31. The summed E-state index contributed by atoms with van der Waals surface area (Å²) in [5.41, 5.74) is 1.85. The highest BCUT2D eigenvalue weighted by atomic mass is 32.2. The Labute approximate surface area is 257 Å². The molecule has 6 rings (SSSR count). The normalized spacial score (nSPS) is 21.5. The van der Waals surface area contributed by atoms with E-state index in [0.29, 0.717) is 27.4 Å². The maximum atomic E-state index is 13.5. The van der Waals surface area contributed by atoms with Crippen molar-refractivity contribution in [2.24, 2.45) is 0 Å². The van der Waals surface area contributed by atoms with Crippen LogP contribution in [0.1, 0.15) is 26.3 Å². The van der Waals surface area contributed by atoms with Crippen LogP contribution in [-0.2, 0) is 25.6 Å². The van der Waals surface area contributed by atoms with Crippen molar-refractivity contribution in [3.8, 4) is 0 Å². The molecule has 44 heavy (non-hydrogen) atoms. The van der Waals surface area contributed by atoms with Crippen LogP contribution in [0.4, 0.5) is 0 Å². The number of hydrogen-bond acceptors (Lipinski definition) is 10. The molecule has 1 N–H and O–H groups in total. The average Bonchev–Trinajstić information content (AvgIpc) is 3.49. The molecule has 1 aliphatic rings. The SMILES string of the molecule is O=C(O[C@@H]1[C@@H](OCc2ccccc2)[C@H](Sc2nc3ccccc3o2)O[C@H](CO)[C@H]1OC(=O)c1ccccc1)c1ccccc1. The first-order valence-electron chi connectivity index (χ1n) is 14.0. The number of para-hydroxylation sites is 2. The second-order valence-electron chi connectivity index (χ2n) is 10.0. The van der Waals surface area contributed by atoms with Crippen molar-refractivity contribution < 1.29 is 38.1 Å². The molecule has 1 saturated heterocycles. The minimum atomic E-state index is -1.21. The van der Waals surface area contributed by atoms with Crippen LogP contribution in [-0.4, -0.2) is 58.5 Å². The highest BCUT2D eigenvalue weighted by molar-refractivity contribution is 7.99. The summed E-state index contributed by atoms with van der Waals surface area (Å²) in [7, 11) is 0. The topological polar surface area (TPSA) is 117 Å². The van der Waals surface area contributed by atoms with Gasteiger partial charge in [-0.1, -0.05) is 78.9 Å². The van der Waals surface area contributed by atoms with Crippen LogP contribution in [0.15, 0.2) is 125 Å². The molecular weight excluding hydrogens is 582 g/mol. The molecule has 0 unspecified atom stereocenters. The van der Waals surface area contributed by atoms with Crippen molar-refractivity contribution >= 4 is 34.8 Å². The van der Waals surface area contributed by atoms with Crippen molar-refractivity contribution in [1.29, 1.82) is 0 Å². The van der Waals surface area contributed by atoms with Crippen molar-refractivity contribution in [1.82, 2.24) is 4.98 Å². The van der Waals surface area contributed by atoms with Gasteiger partial charge in [0.25, 0.3) is 5.22 Å². The second kappa shape index (κ2) is 13.9. The first-order valence-corrected chi connectivity index (χ1v) is 14.9. The Balaban J connectivity index is 1.36. The molecule has 5 atom stereocenters. The highest BCUT2D eigenvalue weighted by Crippen LogP contribution is 2.38. The zero-order valence-corrected chi connectivity index (χ0v) is 24.2. The lowest BCUT2D eigenvalue weighted by Crippen LogP contribution is -2.61. The summed E-state index contributed by atoms with van der Waals surface area (Å²) in [6, 6.07) is 33.7. The quantitative estimate of drug-likeness (QED) is 0.198. The number of oxazole rings is 1. The van der Waals surface area contributed by atoms with Crippen molar-refractivity contribution in [3.05, 3.63) is 132 Å². The number of carbonyl (C=O) groups excluding carboxylic acids is 2. The van der Waals surface area contributed by atoms with Gasteiger partial charge in [0.1, 0.15) is 23.2 Å². The Morgan fingerprint density at radius 3 is 1.91 bits per heavy atom. The Kier molecular flexibility index (Phi) is 9.33. The highest BCUT2D eigenvalue weighted by Gasteiger charge is 2.52. The fourth-order valence-corrected chi connectivity index (χ4v) is 5.93. The Hall–Kier alpha value is -4.48. The van der Waals surface area contributed by atoms with Crippen molar-refractivity contribution in [2.75, 3.05) is 6.61 Å². The number of aliphatic hydroxyl groups is 1. The lowest BCUT2D eigenvalue weighted by Gasteiger charge is -2.44. The third-order valence-corrected chi connectivity index (χ3v) is 8.04. The number of ether oxygens (including phenoxy) is 4. The Bertz CT molecular complexity index is 1650. The van der Waals surface area contributed by atoms with Crippen LogP contribution in [0.3, 0.4) is 0 Å². The molecule has 5 aromatic rings. The van der Waals surface area contributed by atoms with Crippen LogP contribution in [0, 0.1) is 0 Å². The molecule has 0 bridgehead atoms. The molecular formula is C34H29NO8S. The third kappa shape index (κ3) is 6.84. The van der Waals surface area contributed by atoms with E-state index in [-0.39, 0.29) is 6.61 Å². The van der Waals surface area contributed by atoms with Gasteiger partial charge in [-0.25, -0.2) is 14.6 Å². The van der Waals surface area contributed by atoms with Gasteiger partial charge in [0, 0.05) is 0 Å². The van der Waals surface area contributed by atoms with Crippen LogP contribution < -0.4 is 0 Å². The van der Waals surface area contributed by atoms with E-state index in [1.165, 1.54) is 0 Å². The summed E-state index contributed by atoms with van der Waals surface area (Å²) in [4.78, 5) is 31.3. The van der Waals surface area contributed by atoms with E-state index in [2.05, 4.69) is 4.98 Å². The monoisotopic (exact) mass is 611 g/mol. The minimum Gasteiger partial charge on any atom is -0.452 e. The molecule has 0 spiro atoms. The predicted octanol–water partition coefficient (Wildman–Crippen LogP) is 5.67. The van der Waals surface area contributed by atoms with Gasteiger partial charge in [0.05, 0.1) is 24.3 Å². The average molecular weight is 612 g/mol. The number of fused-ring (bicyclic) bond motifs is 1. The van der Waals surface area contributed by atoms with Crippen LogP contribution in [0.2, 0.25) is 0 Å². The van der Waals surface area contributed by atoms with E-state index in [1.54, 1.807) is 66.7 Å². The van der Waals surface area contributed by atoms with Gasteiger partial charge in [-0.15, -0.1) is 0 Å². The number of rotatable bonds is 10. The molecule has 1 fully saturated rings. The number of carbonyl (C=O) groups is 2. The van der Waals surface area contributed by atoms with Crippen LogP contribution in [0.25, 0.3) is 11.1 Å². The predicted molar refractivity (Wildman–Crippen MR) is 162 cm³/mol. The molecule has 0 saturated carbocycles. The molecule has 0 amide bonds. The molecule has 1 aliphatic heterocycles. The van der Waals surface area contributed by atoms with Gasteiger partial charge in [-0.2, -0.15) is 0 Å². The zero-order chi connectivity index (χ0) is 30.3. The maximum absolute atomic E-state index is 13.5. The van der Waals surface area contributed by atoms with Gasteiger partial charge in [-0.3, -0.25) is 0 Å². The molecule has 0 aliphatic carbocycles. The molecule has 9 nitrogen and oxygen atoms in total. The van der Waals surface area contributed by atoms with E-state index < -0.39 is 48.4 Å². The first-order chi connectivity index (χ1) is 21.6. The number of hydrogen-bond donors (Lipinski definition) is 1. The fraction of sp³-hybridized carbons (Fsp3) is 0.206. The second-order valence-corrected chi connectivity index (χ2v) is 11.1. The lowest BCUT2D eigenvalue weighted by molar-refractivity contribution is -0.221. The number of aromatic nitrogens is 1. The zero-order valence-electron chi connectivity index (χ0n) is 23.4. The van der Waals surface area contributed by atoms with E-state index in [9.17, 15) is 14.7 Å². The minimum absolute atomic E-state index is 0.141. The first kappa shape index (κ1) is 29.6. The lowest BCUT2D eigenvalue weighted by atomic mass is 9.98. The Morgan fingerprint density at radius 1 is 0.727 bits per heavy atom. The van der Waals surface area contributed by atoms with E-state index >= 15 is 0 Å². The summed E-state index contributed by atoms with van der Waals surface area (Å²) in [5, 5.41) is 10.8. The smallest absolute Gasteiger partial charge is 0.338 e. The van der Waals surface area contributed by atoms with E-state index in [0.717, 1.165) is 17.3 Å². The molecule has 2 heterocycles. The van der Waals surface area contributed by atoms with Crippen LogP contribution in [0.5, 0.6) is 0 Å². The van der Waals surface area contributed by atoms with Gasteiger partial charge in [0.2, 0.25) is 0 Å². The van der Waals surface area contributed by atoms with Gasteiger partial charge >= 0.3 is 11.9 Å². The maximum Gasteiger partial charge on any atom is 0.338 e. The number of esters is 2. The summed E-state index contributed by atoms with van der Waals surface area (Å²) in [6.45, 7) is -0.385. The fourth-order valence-electron chi connectivity index (χ4n) is 4.87. The van der Waals surface area contributed by atoms with Crippen molar-refractivity contribution in [3.63, 3.8) is 0 Å². The van der Waals surface area contributed by atoms with Gasteiger partial charge < -0.3 is 28.5 Å². The number of aliphatic hydroxyl groups excluding tert-OH is 1. The third-order valence-electron chi connectivity index (χ3n) is 7.05. The van der Waals surface area contributed by atoms with Crippen LogP contribution >= 0.6 is 11.8 Å². The largest absolute Gasteiger partial charge is 0.452 e. The van der Waals surface area contributed by atoms with Gasteiger partial charge in [-0.05, 0) is 53.7 Å². The van der Waals surface area contributed by atoms with Crippen molar-refractivity contribution in [2.45, 2.75) is 41.7 Å². The summed E-state index contributed by atoms with van der Waals surface area (Å²) >= 11 is 1.13. The molecule has 1 aromatic heterocycles. The van der Waals surface area contributed by atoms with Gasteiger partial charge in [0.15, 0.2) is 17.8 Å². The number of nitrogens with zero attached hydrogens (tertiary/aromatic N) is 1. The van der Waals surface area contributed by atoms with E-state index in [1.807, 2.05) is 48.5 Å². The molecule has 0 radical (unpaired) electrons. The van der Waals surface area contributed by atoms with E-state index in [4.69, 9.17) is 23.4 Å².